The van der Waals surface area contributed by atoms with Crippen LogP contribution in [0.5, 0.6) is 0 Å². The molecule has 0 aliphatic heterocycles. The second kappa shape index (κ2) is 7.30. The van der Waals surface area contributed by atoms with Crippen molar-refractivity contribution in [1.29, 1.82) is 0 Å². The largest absolute Gasteiger partial charge is 0.383 e. The zero-order valence-corrected chi connectivity index (χ0v) is 11.5. The summed E-state index contributed by atoms with van der Waals surface area (Å²) in [5, 5.41) is 0.0736. The van der Waals surface area contributed by atoms with Gasteiger partial charge in [0.15, 0.2) is 0 Å². The van der Waals surface area contributed by atoms with Crippen molar-refractivity contribution in [2.24, 2.45) is 0 Å². The van der Waals surface area contributed by atoms with Crippen LogP contribution in [0.2, 0.25) is 5.28 Å². The Balaban J connectivity index is 2.92. The summed E-state index contributed by atoms with van der Waals surface area (Å²) in [4.78, 5) is 13.8. The molecule has 0 fully saturated rings. The van der Waals surface area contributed by atoms with Crippen LogP contribution in [0.3, 0.4) is 0 Å². The van der Waals surface area contributed by atoms with Gasteiger partial charge in [-0.2, -0.15) is 15.0 Å². The molecule has 2 N–H and O–H groups in total. The fourth-order valence-corrected chi connectivity index (χ4v) is 1.68. The molecule has 1 aromatic heterocycles. The first kappa shape index (κ1) is 14.9. The number of hydrogen-bond donors (Lipinski definition) is 1. The first-order chi connectivity index (χ1) is 8.58. The molecule has 1 unspecified atom stereocenters. The van der Waals surface area contributed by atoms with E-state index in [1.165, 1.54) is 0 Å². The number of aromatic nitrogens is 3. The Morgan fingerprint density at radius 2 is 2.00 bits per heavy atom. The highest BCUT2D eigenvalue weighted by molar-refractivity contribution is 6.28. The van der Waals surface area contributed by atoms with E-state index in [1.807, 2.05) is 11.8 Å². The third-order valence-corrected chi connectivity index (χ3v) is 2.52. The van der Waals surface area contributed by atoms with Gasteiger partial charge in [-0.1, -0.05) is 0 Å². The van der Waals surface area contributed by atoms with Crippen LogP contribution >= 0.6 is 11.6 Å². The molecule has 0 bridgehead atoms. The van der Waals surface area contributed by atoms with Crippen LogP contribution in [0.15, 0.2) is 0 Å². The zero-order valence-electron chi connectivity index (χ0n) is 10.8. The Morgan fingerprint density at radius 1 is 1.28 bits per heavy atom. The van der Waals surface area contributed by atoms with Gasteiger partial charge in [-0.15, -0.1) is 0 Å². The fraction of sp³-hybridized carbons (Fsp3) is 0.700. The summed E-state index contributed by atoms with van der Waals surface area (Å²) >= 11 is 5.78. The molecule has 1 atom stereocenters. The van der Waals surface area contributed by atoms with Gasteiger partial charge in [0, 0.05) is 20.8 Å². The Labute approximate surface area is 111 Å². The molecule has 0 aliphatic carbocycles. The number of methoxy groups -OCH3 is 2. The standard InChI is InChI=1S/C10H18ClN5O2/c1-7(6-18-3)16(4-5-17-2)10-14-8(11)13-9(12)15-10/h7H,4-6H2,1-3H3,(H2,12,13,14,15). The van der Waals surface area contributed by atoms with Gasteiger partial charge in [0.1, 0.15) is 0 Å². The van der Waals surface area contributed by atoms with Crippen LogP contribution in [0.25, 0.3) is 0 Å². The van der Waals surface area contributed by atoms with Gasteiger partial charge in [-0.3, -0.25) is 0 Å². The summed E-state index contributed by atoms with van der Waals surface area (Å²) in [6.07, 6.45) is 0. The highest BCUT2D eigenvalue weighted by Crippen LogP contribution is 2.15. The van der Waals surface area contributed by atoms with Crippen LogP contribution < -0.4 is 10.6 Å². The average molecular weight is 276 g/mol. The second-order valence-electron chi connectivity index (χ2n) is 3.75. The van der Waals surface area contributed by atoms with Crippen molar-refractivity contribution in [3.8, 4) is 0 Å². The molecular weight excluding hydrogens is 258 g/mol. The lowest BCUT2D eigenvalue weighted by Crippen LogP contribution is -2.40. The topological polar surface area (TPSA) is 86.4 Å². The minimum Gasteiger partial charge on any atom is -0.383 e. The van der Waals surface area contributed by atoms with E-state index in [1.54, 1.807) is 14.2 Å². The Bertz CT molecular complexity index is 359. The van der Waals surface area contributed by atoms with Crippen LogP contribution in [0.4, 0.5) is 11.9 Å². The summed E-state index contributed by atoms with van der Waals surface area (Å²) < 4.78 is 10.2. The molecule has 0 saturated carbocycles. The molecule has 18 heavy (non-hydrogen) atoms. The monoisotopic (exact) mass is 275 g/mol. The van der Waals surface area contributed by atoms with Gasteiger partial charge in [0.05, 0.1) is 19.3 Å². The molecule has 8 heteroatoms. The number of anilines is 2. The van der Waals surface area contributed by atoms with Gasteiger partial charge in [0.25, 0.3) is 0 Å². The summed E-state index contributed by atoms with van der Waals surface area (Å²) in [5.74, 6) is 0.520. The molecule has 1 aromatic rings. The Morgan fingerprint density at radius 3 is 2.56 bits per heavy atom. The SMILES string of the molecule is COCCN(c1nc(N)nc(Cl)n1)C(C)COC. The number of nitrogen functional groups attached to an aromatic ring is 1. The molecule has 7 nitrogen and oxygen atoms in total. The number of nitrogens with two attached hydrogens (primary N) is 1. The lowest BCUT2D eigenvalue weighted by molar-refractivity contribution is 0.170. The van der Waals surface area contributed by atoms with E-state index < -0.39 is 0 Å². The van der Waals surface area contributed by atoms with E-state index in [0.717, 1.165) is 0 Å². The lowest BCUT2D eigenvalue weighted by Gasteiger charge is -2.28. The van der Waals surface area contributed by atoms with Gasteiger partial charge in [-0.25, -0.2) is 0 Å². The van der Waals surface area contributed by atoms with Crippen LogP contribution in [-0.4, -0.2) is 55.0 Å². The fourth-order valence-electron chi connectivity index (χ4n) is 1.52. The Hall–Kier alpha value is -1.18. The van der Waals surface area contributed by atoms with Crippen molar-refractivity contribution in [3.63, 3.8) is 0 Å². The van der Waals surface area contributed by atoms with Crippen LogP contribution in [0.1, 0.15) is 6.92 Å². The maximum absolute atomic E-state index is 5.78. The first-order valence-electron chi connectivity index (χ1n) is 5.50. The van der Waals surface area contributed by atoms with Crippen molar-refractivity contribution in [1.82, 2.24) is 15.0 Å². The molecule has 0 radical (unpaired) electrons. The summed E-state index contributed by atoms with van der Waals surface area (Å²) in [6, 6.07) is 0.0722. The minimum atomic E-state index is 0.0722. The van der Waals surface area contributed by atoms with E-state index in [9.17, 15) is 0 Å². The Kier molecular flexibility index (Phi) is 6.03. The molecule has 0 amide bonds. The average Bonchev–Trinajstić information content (AvgIpc) is 2.28. The van der Waals surface area contributed by atoms with Gasteiger partial charge in [-0.05, 0) is 18.5 Å². The van der Waals surface area contributed by atoms with Gasteiger partial charge in [0.2, 0.25) is 17.2 Å². The van der Waals surface area contributed by atoms with Crippen LogP contribution in [-0.2, 0) is 9.47 Å². The van der Waals surface area contributed by atoms with Crippen molar-refractivity contribution >= 4 is 23.5 Å². The molecular formula is C10H18ClN5O2. The van der Waals surface area contributed by atoms with E-state index in [4.69, 9.17) is 26.8 Å². The van der Waals surface area contributed by atoms with Crippen molar-refractivity contribution in [2.75, 3.05) is 44.6 Å². The number of ether oxygens (including phenoxy) is 2. The molecule has 0 spiro atoms. The van der Waals surface area contributed by atoms with Gasteiger partial charge < -0.3 is 20.1 Å². The predicted molar refractivity (Wildman–Crippen MR) is 69.8 cm³/mol. The number of nitrogens with zero attached hydrogens (tertiary/aromatic N) is 4. The first-order valence-corrected chi connectivity index (χ1v) is 5.87. The van der Waals surface area contributed by atoms with E-state index in [-0.39, 0.29) is 17.3 Å². The highest BCUT2D eigenvalue weighted by atomic mass is 35.5. The van der Waals surface area contributed by atoms with Crippen LogP contribution in [0, 0.1) is 0 Å². The molecule has 102 valence electrons. The molecule has 0 aliphatic rings. The molecule has 1 heterocycles. The molecule has 0 saturated heterocycles. The lowest BCUT2D eigenvalue weighted by atomic mass is 10.3. The smallest absolute Gasteiger partial charge is 0.231 e. The summed E-state index contributed by atoms with van der Waals surface area (Å²) in [6.45, 7) is 3.68. The quantitative estimate of drug-likeness (QED) is 0.779. The van der Waals surface area contributed by atoms with E-state index in [0.29, 0.717) is 25.7 Å². The van der Waals surface area contributed by atoms with Crippen molar-refractivity contribution in [3.05, 3.63) is 5.28 Å². The number of rotatable bonds is 7. The minimum absolute atomic E-state index is 0.0722. The number of halogens is 1. The third kappa shape index (κ3) is 4.25. The molecule has 1 rings (SSSR count). The van der Waals surface area contributed by atoms with Crippen molar-refractivity contribution in [2.45, 2.75) is 13.0 Å². The second-order valence-corrected chi connectivity index (χ2v) is 4.09. The predicted octanol–water partition coefficient (Wildman–Crippen LogP) is 0.595. The zero-order chi connectivity index (χ0) is 13.5. The normalized spacial score (nSPS) is 12.4. The highest BCUT2D eigenvalue weighted by Gasteiger charge is 2.18. The molecule has 0 aromatic carbocycles. The maximum atomic E-state index is 5.78. The van der Waals surface area contributed by atoms with Crippen molar-refractivity contribution < 1.29 is 9.47 Å². The van der Waals surface area contributed by atoms with Gasteiger partial charge >= 0.3 is 0 Å². The summed E-state index contributed by atoms with van der Waals surface area (Å²) in [5.41, 5.74) is 5.56. The summed E-state index contributed by atoms with van der Waals surface area (Å²) in [7, 11) is 3.27. The maximum Gasteiger partial charge on any atom is 0.231 e. The van der Waals surface area contributed by atoms with E-state index >= 15 is 0 Å². The number of hydrogen-bond acceptors (Lipinski definition) is 7. The van der Waals surface area contributed by atoms with E-state index in [2.05, 4.69) is 15.0 Å². The third-order valence-electron chi connectivity index (χ3n) is 2.35.